The summed E-state index contributed by atoms with van der Waals surface area (Å²) in [5, 5.41) is 0.269. The van der Waals surface area contributed by atoms with Crippen LogP contribution < -0.4 is 9.47 Å². The highest BCUT2D eigenvalue weighted by Gasteiger charge is 2.44. The van der Waals surface area contributed by atoms with Crippen molar-refractivity contribution in [1.82, 2.24) is 14.5 Å². The van der Waals surface area contributed by atoms with Crippen molar-refractivity contribution in [3.05, 3.63) is 88.2 Å². The smallest absolute Gasteiger partial charge is 0.278 e. The SMILES string of the molecule is CC1(c2ccc(Cl)cc2F)Oc2c(F)ccc(C3CCN(Cc4nc5ccccc5n4C[C@@H]4CCO4)CC3)c2O1. The Kier molecular flexibility index (Phi) is 6.45. The topological polar surface area (TPSA) is 48.8 Å². The summed E-state index contributed by atoms with van der Waals surface area (Å²) in [6, 6.07) is 15.7. The number of aromatic nitrogens is 2. The number of nitrogens with zero attached hydrogens (tertiary/aromatic N) is 3. The minimum Gasteiger partial charge on any atom is -0.444 e. The zero-order valence-electron chi connectivity index (χ0n) is 22.2. The molecule has 0 N–H and O–H groups in total. The van der Waals surface area contributed by atoms with E-state index in [9.17, 15) is 8.78 Å². The minimum atomic E-state index is -1.49. The summed E-state index contributed by atoms with van der Waals surface area (Å²) in [5.74, 6) is -0.972. The number of halogens is 3. The fourth-order valence-corrected chi connectivity index (χ4v) is 6.30. The number of benzene rings is 3. The first-order valence-corrected chi connectivity index (χ1v) is 14.2. The molecule has 208 valence electrons. The van der Waals surface area contributed by atoms with Crippen molar-refractivity contribution in [1.29, 1.82) is 0 Å². The van der Waals surface area contributed by atoms with E-state index in [4.69, 9.17) is 30.8 Å². The van der Waals surface area contributed by atoms with Crippen LogP contribution in [0.25, 0.3) is 11.0 Å². The van der Waals surface area contributed by atoms with E-state index in [1.807, 2.05) is 6.07 Å². The molecule has 3 aliphatic rings. The van der Waals surface area contributed by atoms with Crippen LogP contribution in [-0.4, -0.2) is 40.3 Å². The fraction of sp³-hybridized carbons (Fsp3) is 0.387. The van der Waals surface area contributed by atoms with Crippen molar-refractivity contribution in [2.45, 2.75) is 57.1 Å². The van der Waals surface area contributed by atoms with Gasteiger partial charge in [-0.2, -0.15) is 0 Å². The van der Waals surface area contributed by atoms with Gasteiger partial charge in [0, 0.05) is 24.1 Å². The highest BCUT2D eigenvalue weighted by atomic mass is 35.5. The molecule has 0 spiro atoms. The Bertz CT molecular complexity index is 1580. The van der Waals surface area contributed by atoms with Gasteiger partial charge in [0.15, 0.2) is 11.6 Å². The lowest BCUT2D eigenvalue weighted by Crippen LogP contribution is -2.35. The van der Waals surface area contributed by atoms with Crippen LogP contribution in [0.3, 0.4) is 0 Å². The minimum absolute atomic E-state index is 0.0312. The Balaban J connectivity index is 1.08. The van der Waals surface area contributed by atoms with Crippen molar-refractivity contribution in [3.63, 3.8) is 0 Å². The lowest BCUT2D eigenvalue weighted by molar-refractivity contribution is -0.0724. The molecule has 0 amide bonds. The van der Waals surface area contributed by atoms with Crippen LogP contribution in [0.4, 0.5) is 8.78 Å². The van der Waals surface area contributed by atoms with E-state index in [0.29, 0.717) is 5.75 Å². The van der Waals surface area contributed by atoms with Gasteiger partial charge in [-0.15, -0.1) is 0 Å². The van der Waals surface area contributed by atoms with Crippen LogP contribution in [0.2, 0.25) is 5.02 Å². The number of likely N-dealkylation sites (tertiary alicyclic amines) is 1. The zero-order chi connectivity index (χ0) is 27.4. The summed E-state index contributed by atoms with van der Waals surface area (Å²) in [7, 11) is 0. The number of fused-ring (bicyclic) bond motifs is 2. The molecule has 3 aliphatic heterocycles. The first-order valence-electron chi connectivity index (χ1n) is 13.8. The molecular formula is C31H30ClF2N3O3. The third-order valence-corrected chi connectivity index (χ3v) is 8.65. The lowest BCUT2D eigenvalue weighted by atomic mass is 9.88. The molecule has 4 heterocycles. The van der Waals surface area contributed by atoms with Crippen molar-refractivity contribution in [2.75, 3.05) is 19.7 Å². The molecule has 4 aromatic rings. The molecular weight excluding hydrogens is 536 g/mol. The number of ether oxygens (including phenoxy) is 3. The average molecular weight is 566 g/mol. The molecule has 2 fully saturated rings. The molecule has 0 aliphatic carbocycles. The van der Waals surface area contributed by atoms with E-state index in [1.165, 1.54) is 18.2 Å². The van der Waals surface area contributed by atoms with Gasteiger partial charge >= 0.3 is 0 Å². The predicted octanol–water partition coefficient (Wildman–Crippen LogP) is 6.78. The maximum absolute atomic E-state index is 14.9. The highest BCUT2D eigenvalue weighted by Crippen LogP contribution is 2.51. The fourth-order valence-electron chi connectivity index (χ4n) is 6.14. The van der Waals surface area contributed by atoms with Crippen LogP contribution >= 0.6 is 11.6 Å². The molecule has 6 nitrogen and oxygen atoms in total. The Labute approximate surface area is 236 Å². The molecule has 3 aromatic carbocycles. The van der Waals surface area contributed by atoms with Gasteiger partial charge in [0.1, 0.15) is 11.6 Å². The predicted molar refractivity (Wildman–Crippen MR) is 148 cm³/mol. The molecule has 2 saturated heterocycles. The summed E-state index contributed by atoms with van der Waals surface area (Å²) in [5.41, 5.74) is 3.21. The second-order valence-corrected chi connectivity index (χ2v) is 11.5. The van der Waals surface area contributed by atoms with Crippen LogP contribution in [0, 0.1) is 11.6 Å². The highest BCUT2D eigenvalue weighted by molar-refractivity contribution is 6.30. The number of hydrogen-bond donors (Lipinski definition) is 0. The molecule has 1 aromatic heterocycles. The van der Waals surface area contributed by atoms with E-state index < -0.39 is 17.4 Å². The van der Waals surface area contributed by atoms with E-state index >= 15 is 0 Å². The van der Waals surface area contributed by atoms with Crippen LogP contribution in [-0.2, 0) is 23.6 Å². The third kappa shape index (κ3) is 4.52. The molecule has 7 rings (SSSR count). The van der Waals surface area contributed by atoms with Crippen LogP contribution in [0.1, 0.15) is 49.1 Å². The maximum Gasteiger partial charge on any atom is 0.278 e. The number of rotatable bonds is 6. The Morgan fingerprint density at radius 3 is 2.50 bits per heavy atom. The molecule has 0 radical (unpaired) electrons. The Morgan fingerprint density at radius 1 is 0.975 bits per heavy atom. The van der Waals surface area contributed by atoms with Gasteiger partial charge in [-0.3, -0.25) is 4.90 Å². The van der Waals surface area contributed by atoms with Gasteiger partial charge in [-0.1, -0.05) is 29.8 Å². The summed E-state index contributed by atoms with van der Waals surface area (Å²) in [6.45, 7) is 5.73. The quantitative estimate of drug-likeness (QED) is 0.258. The second kappa shape index (κ2) is 10.0. The third-order valence-electron chi connectivity index (χ3n) is 8.41. The number of para-hydroxylation sites is 2. The molecule has 40 heavy (non-hydrogen) atoms. The number of hydrogen-bond acceptors (Lipinski definition) is 5. The van der Waals surface area contributed by atoms with Gasteiger partial charge in [0.25, 0.3) is 5.79 Å². The Hall–Kier alpha value is -3.20. The Morgan fingerprint density at radius 2 is 1.75 bits per heavy atom. The van der Waals surface area contributed by atoms with Crippen molar-refractivity contribution in [3.8, 4) is 11.5 Å². The van der Waals surface area contributed by atoms with E-state index in [0.717, 1.165) is 74.5 Å². The largest absolute Gasteiger partial charge is 0.444 e. The summed E-state index contributed by atoms with van der Waals surface area (Å²) in [6.07, 6.45) is 3.07. The number of piperidine rings is 1. The molecule has 1 unspecified atom stereocenters. The van der Waals surface area contributed by atoms with Crippen molar-refractivity contribution in [2.24, 2.45) is 0 Å². The monoisotopic (exact) mass is 565 g/mol. The van der Waals surface area contributed by atoms with Gasteiger partial charge in [0.05, 0.1) is 35.8 Å². The van der Waals surface area contributed by atoms with Crippen LogP contribution in [0.15, 0.2) is 54.6 Å². The first kappa shape index (κ1) is 25.7. The van der Waals surface area contributed by atoms with Crippen molar-refractivity contribution >= 4 is 22.6 Å². The summed E-state index contributed by atoms with van der Waals surface area (Å²) < 4.78 is 49.8. The van der Waals surface area contributed by atoms with Gasteiger partial charge in [0.2, 0.25) is 5.75 Å². The van der Waals surface area contributed by atoms with E-state index in [-0.39, 0.29) is 28.4 Å². The second-order valence-electron chi connectivity index (χ2n) is 11.0. The summed E-state index contributed by atoms with van der Waals surface area (Å²) in [4.78, 5) is 7.38. The van der Waals surface area contributed by atoms with Gasteiger partial charge in [-0.05, 0) is 74.7 Å². The van der Waals surface area contributed by atoms with E-state index in [2.05, 4.69) is 27.7 Å². The standard InChI is InChI=1S/C31H30ClF2N3O3/c1-31(23-8-6-20(32)16-25(23)34)39-29-22(7-9-24(33)30(29)40-31)19-10-13-36(14-11-19)18-28-35-26-4-2-3-5-27(26)37(28)17-21-12-15-38-21/h2-9,16,19,21H,10-15,17-18H2,1H3/t21-,31?/m0/s1. The van der Waals surface area contributed by atoms with E-state index in [1.54, 1.807) is 19.1 Å². The molecule has 0 saturated carbocycles. The van der Waals surface area contributed by atoms with Crippen LogP contribution in [0.5, 0.6) is 11.5 Å². The molecule has 9 heteroatoms. The lowest BCUT2D eigenvalue weighted by Gasteiger charge is -2.33. The van der Waals surface area contributed by atoms with Gasteiger partial charge < -0.3 is 18.8 Å². The average Bonchev–Trinajstić information content (AvgIpc) is 3.45. The summed E-state index contributed by atoms with van der Waals surface area (Å²) >= 11 is 5.94. The molecule has 0 bridgehead atoms. The molecule has 2 atom stereocenters. The zero-order valence-corrected chi connectivity index (χ0v) is 23.0. The maximum atomic E-state index is 14.9. The van der Waals surface area contributed by atoms with Gasteiger partial charge in [-0.25, -0.2) is 13.8 Å². The number of imidazole rings is 1. The van der Waals surface area contributed by atoms with Crippen molar-refractivity contribution < 1.29 is 23.0 Å². The first-order chi connectivity index (χ1) is 19.4. The normalized spacial score (nSPS) is 23.1.